The molecule has 0 radical (unpaired) electrons. The standard InChI is InChI=1S/C21H20N4O/c1-2-7-18(8-3-1)21-19(13-23-24-21)15-25(16-20-9-5-11-26-20)14-17-6-4-10-22-12-17/h1-13H,14-16H2,(H,23,24). The molecule has 1 N–H and O–H groups in total. The molecule has 0 aliphatic rings. The summed E-state index contributed by atoms with van der Waals surface area (Å²) in [5, 5.41) is 7.41. The summed E-state index contributed by atoms with van der Waals surface area (Å²) >= 11 is 0. The average molecular weight is 344 g/mol. The van der Waals surface area contributed by atoms with Crippen LogP contribution >= 0.6 is 0 Å². The van der Waals surface area contributed by atoms with Crippen molar-refractivity contribution in [1.29, 1.82) is 0 Å². The van der Waals surface area contributed by atoms with Gasteiger partial charge >= 0.3 is 0 Å². The zero-order valence-electron chi connectivity index (χ0n) is 14.4. The molecule has 4 rings (SSSR count). The van der Waals surface area contributed by atoms with Gasteiger partial charge in [0.05, 0.1) is 24.7 Å². The van der Waals surface area contributed by atoms with Crippen LogP contribution in [0.5, 0.6) is 0 Å². The van der Waals surface area contributed by atoms with Gasteiger partial charge in [-0.2, -0.15) is 5.10 Å². The molecule has 0 fully saturated rings. The van der Waals surface area contributed by atoms with Gasteiger partial charge < -0.3 is 4.42 Å². The van der Waals surface area contributed by atoms with Crippen molar-refractivity contribution in [1.82, 2.24) is 20.1 Å². The molecule has 1 aromatic carbocycles. The molecule has 0 aliphatic heterocycles. The summed E-state index contributed by atoms with van der Waals surface area (Å²) in [6.45, 7) is 2.27. The van der Waals surface area contributed by atoms with E-state index < -0.39 is 0 Å². The van der Waals surface area contributed by atoms with Crippen molar-refractivity contribution in [2.45, 2.75) is 19.6 Å². The quantitative estimate of drug-likeness (QED) is 0.544. The number of hydrogen-bond acceptors (Lipinski definition) is 4. The first-order chi connectivity index (χ1) is 12.9. The van der Waals surface area contributed by atoms with E-state index in [2.05, 4.69) is 38.3 Å². The van der Waals surface area contributed by atoms with Gasteiger partial charge in [0.2, 0.25) is 0 Å². The Bertz CT molecular complexity index is 917. The van der Waals surface area contributed by atoms with Gasteiger partial charge in [0.15, 0.2) is 0 Å². The lowest BCUT2D eigenvalue weighted by molar-refractivity contribution is 0.227. The van der Waals surface area contributed by atoms with Crippen LogP contribution in [0.4, 0.5) is 0 Å². The van der Waals surface area contributed by atoms with E-state index in [0.29, 0.717) is 0 Å². The molecule has 3 aromatic heterocycles. The molecular formula is C21H20N4O. The molecule has 0 unspecified atom stereocenters. The summed E-state index contributed by atoms with van der Waals surface area (Å²) in [5.74, 6) is 0.943. The largest absolute Gasteiger partial charge is 0.468 e. The molecule has 4 aromatic rings. The fourth-order valence-corrected chi connectivity index (χ4v) is 3.07. The van der Waals surface area contributed by atoms with Gasteiger partial charge in [-0.15, -0.1) is 0 Å². The highest BCUT2D eigenvalue weighted by Crippen LogP contribution is 2.23. The second-order valence-electron chi connectivity index (χ2n) is 6.22. The zero-order chi connectivity index (χ0) is 17.6. The minimum atomic E-state index is 0.724. The van der Waals surface area contributed by atoms with Crippen molar-refractivity contribution in [3.05, 3.63) is 96.3 Å². The third-order valence-electron chi connectivity index (χ3n) is 4.26. The molecule has 0 spiro atoms. The third-order valence-corrected chi connectivity index (χ3v) is 4.26. The number of hydrogen-bond donors (Lipinski definition) is 1. The Labute approximate surface area is 152 Å². The normalized spacial score (nSPS) is 11.1. The van der Waals surface area contributed by atoms with Crippen molar-refractivity contribution in [2.75, 3.05) is 0 Å². The highest BCUT2D eigenvalue weighted by molar-refractivity contribution is 5.62. The Kier molecular flexibility index (Phi) is 4.89. The first kappa shape index (κ1) is 16.3. The maximum Gasteiger partial charge on any atom is 0.117 e. The van der Waals surface area contributed by atoms with Gasteiger partial charge in [0.1, 0.15) is 5.76 Å². The van der Waals surface area contributed by atoms with E-state index in [1.54, 1.807) is 12.5 Å². The van der Waals surface area contributed by atoms with Crippen molar-refractivity contribution in [3.63, 3.8) is 0 Å². The van der Waals surface area contributed by atoms with Crippen molar-refractivity contribution in [3.8, 4) is 11.3 Å². The van der Waals surface area contributed by atoms with Crippen LogP contribution in [-0.4, -0.2) is 20.1 Å². The lowest BCUT2D eigenvalue weighted by Gasteiger charge is -2.21. The monoisotopic (exact) mass is 344 g/mol. The molecule has 0 saturated heterocycles. The molecule has 5 heteroatoms. The molecule has 26 heavy (non-hydrogen) atoms. The number of aromatic nitrogens is 3. The summed E-state index contributed by atoms with van der Waals surface area (Å²) < 4.78 is 5.56. The zero-order valence-corrected chi connectivity index (χ0v) is 14.4. The molecule has 0 amide bonds. The van der Waals surface area contributed by atoms with Crippen LogP contribution in [0.1, 0.15) is 16.9 Å². The van der Waals surface area contributed by atoms with Crippen LogP contribution < -0.4 is 0 Å². The van der Waals surface area contributed by atoms with E-state index in [9.17, 15) is 0 Å². The maximum absolute atomic E-state index is 5.56. The first-order valence-corrected chi connectivity index (χ1v) is 8.60. The van der Waals surface area contributed by atoms with Crippen LogP contribution in [0.25, 0.3) is 11.3 Å². The number of rotatable bonds is 7. The number of furan rings is 1. The highest BCUT2D eigenvalue weighted by Gasteiger charge is 2.14. The number of benzene rings is 1. The van der Waals surface area contributed by atoms with E-state index in [1.807, 2.05) is 48.8 Å². The summed E-state index contributed by atoms with van der Waals surface area (Å²) in [4.78, 5) is 6.55. The van der Waals surface area contributed by atoms with E-state index in [1.165, 1.54) is 5.56 Å². The van der Waals surface area contributed by atoms with Crippen LogP contribution in [0, 0.1) is 0 Å². The SMILES string of the molecule is c1ccc(-c2[nH]ncc2CN(Cc2cccnc2)Cc2ccco2)cc1. The van der Waals surface area contributed by atoms with Crippen LogP contribution in [0.15, 0.2) is 83.9 Å². The van der Waals surface area contributed by atoms with Crippen molar-refractivity contribution < 1.29 is 4.42 Å². The van der Waals surface area contributed by atoms with Gasteiger partial charge in [-0.05, 0) is 29.3 Å². The second-order valence-corrected chi connectivity index (χ2v) is 6.22. The molecule has 0 saturated carbocycles. The minimum Gasteiger partial charge on any atom is -0.468 e. The summed E-state index contributed by atoms with van der Waals surface area (Å²) in [6, 6.07) is 18.3. The predicted molar refractivity (Wildman–Crippen MR) is 99.9 cm³/mol. The fourth-order valence-electron chi connectivity index (χ4n) is 3.07. The number of pyridine rings is 1. The Balaban J connectivity index is 1.58. The van der Waals surface area contributed by atoms with E-state index in [4.69, 9.17) is 4.42 Å². The molecule has 3 heterocycles. The van der Waals surface area contributed by atoms with E-state index in [-0.39, 0.29) is 0 Å². The van der Waals surface area contributed by atoms with Crippen LogP contribution in [-0.2, 0) is 19.6 Å². The van der Waals surface area contributed by atoms with Gasteiger partial charge in [0.25, 0.3) is 0 Å². The van der Waals surface area contributed by atoms with E-state index >= 15 is 0 Å². The average Bonchev–Trinajstić information content (AvgIpc) is 3.35. The number of aromatic amines is 1. The molecule has 0 atom stereocenters. The van der Waals surface area contributed by atoms with Gasteiger partial charge in [-0.3, -0.25) is 15.0 Å². The molecule has 130 valence electrons. The molecule has 5 nitrogen and oxygen atoms in total. The lowest BCUT2D eigenvalue weighted by Crippen LogP contribution is -2.22. The summed E-state index contributed by atoms with van der Waals surface area (Å²) in [7, 11) is 0. The van der Waals surface area contributed by atoms with Gasteiger partial charge in [-0.25, -0.2) is 0 Å². The number of nitrogens with zero attached hydrogens (tertiary/aromatic N) is 3. The van der Waals surface area contributed by atoms with Crippen molar-refractivity contribution >= 4 is 0 Å². The Morgan fingerprint density at radius 2 is 1.81 bits per heavy atom. The topological polar surface area (TPSA) is 58.0 Å². The van der Waals surface area contributed by atoms with Gasteiger partial charge in [-0.1, -0.05) is 36.4 Å². The third kappa shape index (κ3) is 3.90. The predicted octanol–water partition coefficient (Wildman–Crippen LogP) is 4.27. The molecule has 0 bridgehead atoms. The second kappa shape index (κ2) is 7.80. The van der Waals surface area contributed by atoms with Crippen LogP contribution in [0.2, 0.25) is 0 Å². The van der Waals surface area contributed by atoms with Gasteiger partial charge in [0, 0.05) is 31.0 Å². The summed E-state index contributed by atoms with van der Waals surface area (Å²) in [6.07, 6.45) is 7.32. The Hall–Kier alpha value is -3.18. The minimum absolute atomic E-state index is 0.724. The Morgan fingerprint density at radius 1 is 0.885 bits per heavy atom. The number of H-pyrrole nitrogens is 1. The molecular weight excluding hydrogens is 324 g/mol. The maximum atomic E-state index is 5.56. The smallest absolute Gasteiger partial charge is 0.117 e. The van der Waals surface area contributed by atoms with Crippen molar-refractivity contribution in [2.24, 2.45) is 0 Å². The van der Waals surface area contributed by atoms with Crippen LogP contribution in [0.3, 0.4) is 0 Å². The molecule has 0 aliphatic carbocycles. The summed E-state index contributed by atoms with van der Waals surface area (Å²) in [5.41, 5.74) is 4.52. The number of nitrogens with one attached hydrogen (secondary N) is 1. The Morgan fingerprint density at radius 3 is 2.58 bits per heavy atom. The lowest BCUT2D eigenvalue weighted by atomic mass is 10.1. The highest BCUT2D eigenvalue weighted by atomic mass is 16.3. The first-order valence-electron chi connectivity index (χ1n) is 8.60. The van der Waals surface area contributed by atoms with E-state index in [0.717, 1.165) is 42.2 Å². The fraction of sp³-hybridized carbons (Fsp3) is 0.143.